The molecular weight excluding hydrogens is 162 g/mol. The second kappa shape index (κ2) is 4.21. The van der Waals surface area contributed by atoms with Crippen molar-refractivity contribution in [1.82, 2.24) is 0 Å². The Balaban J connectivity index is 2.53. The zero-order valence-corrected chi connectivity index (χ0v) is 9.05. The summed E-state index contributed by atoms with van der Waals surface area (Å²) in [6, 6.07) is 0.0642. The van der Waals surface area contributed by atoms with Gasteiger partial charge in [-0.2, -0.15) is 4.91 Å². The smallest absolute Gasteiger partial charge is 0.0973 e. The highest BCUT2D eigenvalue weighted by atomic mass is 16.3. The van der Waals surface area contributed by atoms with Crippen molar-refractivity contribution in [2.45, 2.75) is 58.9 Å². The number of hydrogen-bond acceptors (Lipinski definition) is 2. The lowest BCUT2D eigenvalue weighted by Gasteiger charge is -2.29. The summed E-state index contributed by atoms with van der Waals surface area (Å²) in [5.74, 6) is 0.718. The van der Waals surface area contributed by atoms with Crippen molar-refractivity contribution in [1.29, 1.82) is 0 Å². The van der Waals surface area contributed by atoms with Crippen molar-refractivity contribution in [3.05, 3.63) is 4.91 Å². The van der Waals surface area contributed by atoms with E-state index in [1.54, 1.807) is 0 Å². The van der Waals surface area contributed by atoms with E-state index in [4.69, 9.17) is 0 Å². The molecule has 13 heavy (non-hydrogen) atoms. The molecule has 1 aliphatic carbocycles. The van der Waals surface area contributed by atoms with E-state index in [9.17, 15) is 4.91 Å². The Labute approximate surface area is 81.1 Å². The quantitative estimate of drug-likeness (QED) is 0.610. The van der Waals surface area contributed by atoms with Crippen molar-refractivity contribution in [2.75, 3.05) is 0 Å². The predicted octanol–water partition coefficient (Wildman–Crippen LogP) is 3.75. The second-order valence-corrected chi connectivity index (χ2v) is 4.86. The molecule has 0 amide bonds. The van der Waals surface area contributed by atoms with E-state index in [0.29, 0.717) is 0 Å². The summed E-state index contributed by atoms with van der Waals surface area (Å²) in [6.45, 7) is 6.62. The number of nitroso groups, excluding NO2 is 1. The minimum Gasteiger partial charge on any atom is -0.150 e. The van der Waals surface area contributed by atoms with E-state index in [-0.39, 0.29) is 11.5 Å². The first kappa shape index (κ1) is 10.7. The fraction of sp³-hybridized carbons (Fsp3) is 1.00. The number of rotatable bonds is 4. The molecular formula is C11H21NO. The monoisotopic (exact) mass is 183 g/mol. The molecule has 0 spiro atoms. The van der Waals surface area contributed by atoms with E-state index >= 15 is 0 Å². The third-order valence-corrected chi connectivity index (χ3v) is 3.73. The van der Waals surface area contributed by atoms with Crippen molar-refractivity contribution in [3.8, 4) is 0 Å². The van der Waals surface area contributed by atoms with Gasteiger partial charge in [0.1, 0.15) is 0 Å². The molecule has 1 rings (SSSR count). The molecule has 0 bridgehead atoms. The molecule has 2 unspecified atom stereocenters. The predicted molar refractivity (Wildman–Crippen MR) is 55.6 cm³/mol. The van der Waals surface area contributed by atoms with Crippen LogP contribution >= 0.6 is 0 Å². The van der Waals surface area contributed by atoms with Gasteiger partial charge in [0.2, 0.25) is 0 Å². The average molecular weight is 183 g/mol. The molecule has 0 aliphatic heterocycles. The third kappa shape index (κ3) is 2.09. The van der Waals surface area contributed by atoms with Gasteiger partial charge in [-0.15, -0.1) is 0 Å². The van der Waals surface area contributed by atoms with Gasteiger partial charge < -0.3 is 0 Å². The molecule has 0 aromatic carbocycles. The SMILES string of the molecule is CCCCC1CCC(N=O)C1(C)C. The molecule has 0 saturated heterocycles. The summed E-state index contributed by atoms with van der Waals surface area (Å²) in [5, 5.41) is 3.25. The van der Waals surface area contributed by atoms with Crippen LogP contribution in [-0.4, -0.2) is 6.04 Å². The Bertz CT molecular complexity index is 177. The number of unbranched alkanes of at least 4 members (excludes halogenated alkanes) is 1. The maximum atomic E-state index is 10.6. The molecule has 0 aromatic heterocycles. The molecule has 2 heteroatoms. The number of nitrogens with zero attached hydrogens (tertiary/aromatic N) is 1. The molecule has 2 atom stereocenters. The molecule has 2 nitrogen and oxygen atoms in total. The first-order valence-electron chi connectivity index (χ1n) is 5.45. The first-order valence-corrected chi connectivity index (χ1v) is 5.45. The van der Waals surface area contributed by atoms with Gasteiger partial charge in [0.15, 0.2) is 0 Å². The lowest BCUT2D eigenvalue weighted by molar-refractivity contribution is 0.217. The van der Waals surface area contributed by atoms with Gasteiger partial charge in [-0.25, -0.2) is 0 Å². The summed E-state index contributed by atoms with van der Waals surface area (Å²) < 4.78 is 0. The summed E-state index contributed by atoms with van der Waals surface area (Å²) in [4.78, 5) is 10.6. The van der Waals surface area contributed by atoms with Crippen LogP contribution < -0.4 is 0 Å². The van der Waals surface area contributed by atoms with Gasteiger partial charge in [0, 0.05) is 0 Å². The third-order valence-electron chi connectivity index (χ3n) is 3.73. The normalized spacial score (nSPS) is 31.9. The topological polar surface area (TPSA) is 29.4 Å². The zero-order chi connectivity index (χ0) is 9.90. The fourth-order valence-electron chi connectivity index (χ4n) is 2.53. The van der Waals surface area contributed by atoms with Crippen LogP contribution in [0.25, 0.3) is 0 Å². The molecule has 0 aromatic rings. The Hall–Kier alpha value is -0.400. The van der Waals surface area contributed by atoms with Crippen molar-refractivity contribution in [3.63, 3.8) is 0 Å². The van der Waals surface area contributed by atoms with Gasteiger partial charge >= 0.3 is 0 Å². The van der Waals surface area contributed by atoms with E-state index in [1.165, 1.54) is 25.7 Å². The minimum atomic E-state index is 0.0642. The van der Waals surface area contributed by atoms with Crippen molar-refractivity contribution in [2.24, 2.45) is 16.5 Å². The molecule has 1 fully saturated rings. The summed E-state index contributed by atoms with van der Waals surface area (Å²) in [5.41, 5.74) is 0.150. The van der Waals surface area contributed by atoms with Crippen LogP contribution in [0.3, 0.4) is 0 Å². The van der Waals surface area contributed by atoms with Crippen LogP contribution in [0.2, 0.25) is 0 Å². The highest BCUT2D eigenvalue weighted by molar-refractivity contribution is 4.95. The Morgan fingerprint density at radius 2 is 2.08 bits per heavy atom. The summed E-state index contributed by atoms with van der Waals surface area (Å²) in [6.07, 6.45) is 6.02. The highest BCUT2D eigenvalue weighted by Crippen LogP contribution is 2.46. The molecule has 0 heterocycles. The fourth-order valence-corrected chi connectivity index (χ4v) is 2.53. The lowest BCUT2D eigenvalue weighted by Crippen LogP contribution is -2.27. The number of hydrogen-bond donors (Lipinski definition) is 0. The molecule has 0 N–H and O–H groups in total. The summed E-state index contributed by atoms with van der Waals surface area (Å²) in [7, 11) is 0. The minimum absolute atomic E-state index is 0.0642. The van der Waals surface area contributed by atoms with E-state index in [1.807, 2.05) is 0 Å². The highest BCUT2D eigenvalue weighted by Gasteiger charge is 2.43. The van der Waals surface area contributed by atoms with Crippen molar-refractivity contribution >= 4 is 0 Å². The van der Waals surface area contributed by atoms with Gasteiger partial charge in [-0.3, -0.25) is 0 Å². The van der Waals surface area contributed by atoms with E-state index < -0.39 is 0 Å². The zero-order valence-electron chi connectivity index (χ0n) is 9.05. The molecule has 76 valence electrons. The molecule has 0 radical (unpaired) electrons. The average Bonchev–Trinajstić information content (AvgIpc) is 2.37. The molecule has 1 saturated carbocycles. The van der Waals surface area contributed by atoms with Crippen molar-refractivity contribution < 1.29 is 0 Å². The van der Waals surface area contributed by atoms with Gasteiger partial charge in [-0.1, -0.05) is 38.8 Å². The summed E-state index contributed by atoms with van der Waals surface area (Å²) >= 11 is 0. The molecule has 1 aliphatic rings. The Kier molecular flexibility index (Phi) is 3.46. The van der Waals surface area contributed by atoms with Gasteiger partial charge in [0.05, 0.1) is 6.04 Å². The van der Waals surface area contributed by atoms with E-state index in [2.05, 4.69) is 25.9 Å². The van der Waals surface area contributed by atoms with Crippen LogP contribution in [0, 0.1) is 16.2 Å². The Morgan fingerprint density at radius 3 is 2.54 bits per heavy atom. The van der Waals surface area contributed by atoms with E-state index in [0.717, 1.165) is 12.3 Å². The second-order valence-electron chi connectivity index (χ2n) is 4.86. The largest absolute Gasteiger partial charge is 0.150 e. The maximum absolute atomic E-state index is 10.6. The van der Waals surface area contributed by atoms with Crippen LogP contribution in [0.4, 0.5) is 0 Å². The maximum Gasteiger partial charge on any atom is 0.0973 e. The van der Waals surface area contributed by atoms with Gasteiger partial charge in [0.25, 0.3) is 0 Å². The van der Waals surface area contributed by atoms with Crippen LogP contribution in [0.5, 0.6) is 0 Å². The van der Waals surface area contributed by atoms with Crippen LogP contribution in [0.1, 0.15) is 52.9 Å². The Morgan fingerprint density at radius 1 is 1.38 bits per heavy atom. The van der Waals surface area contributed by atoms with Crippen LogP contribution in [0.15, 0.2) is 5.18 Å². The standard InChI is InChI=1S/C11H21NO/c1-4-5-6-9-7-8-10(12-13)11(9,2)3/h9-10H,4-8H2,1-3H3. The first-order chi connectivity index (χ1) is 6.12. The lowest BCUT2D eigenvalue weighted by atomic mass is 9.77. The van der Waals surface area contributed by atoms with Crippen LogP contribution in [-0.2, 0) is 0 Å². The van der Waals surface area contributed by atoms with Gasteiger partial charge in [-0.05, 0) is 30.6 Å².